The Morgan fingerprint density at radius 1 is 1.08 bits per heavy atom. The average molecular weight is 529 g/mol. The van der Waals surface area contributed by atoms with E-state index in [1.165, 1.54) is 26.2 Å². The van der Waals surface area contributed by atoms with Crippen molar-refractivity contribution in [1.82, 2.24) is 0 Å². The minimum Gasteiger partial charge on any atom is -0.466 e. The fourth-order valence-electron chi connectivity index (χ4n) is 4.97. The van der Waals surface area contributed by atoms with Gasteiger partial charge in [-0.15, -0.1) is 0 Å². The number of alkyl halides is 2. The number of ether oxygens (including phenoxy) is 4. The van der Waals surface area contributed by atoms with Gasteiger partial charge in [0.25, 0.3) is 0 Å². The standard InChI is InChI=1S/C28H42F2O7/c1-4-5-17-28(29,30)25(32)16-15-22-21(12-8-6-7-9-13-26(33)34-3)23(36-20(2)31)19-24(22)37-27-14-10-11-18-35-27/h9,13,15-16,21-24,27H,4-8,10-12,14,17-19H2,1-3H3. The normalized spacial score (nSPS) is 26.6. The van der Waals surface area contributed by atoms with Crippen molar-refractivity contribution < 1.29 is 42.1 Å². The molecule has 0 amide bonds. The SMILES string of the molecule is CCCCC(F)(F)C(=O)C=CC1C(OC2CCCCO2)CC(OC(C)=O)C1CCCCC=CC(=O)OC. The predicted molar refractivity (Wildman–Crippen MR) is 134 cm³/mol. The molecule has 0 bridgehead atoms. The number of halogens is 2. The van der Waals surface area contributed by atoms with Gasteiger partial charge in [0.05, 0.1) is 13.2 Å². The van der Waals surface area contributed by atoms with E-state index >= 15 is 0 Å². The Balaban J connectivity index is 2.16. The van der Waals surface area contributed by atoms with E-state index in [0.717, 1.165) is 38.2 Å². The first-order valence-corrected chi connectivity index (χ1v) is 13.5. The number of ketones is 1. The van der Waals surface area contributed by atoms with E-state index in [4.69, 9.17) is 14.2 Å². The minimum absolute atomic E-state index is 0.199. The van der Waals surface area contributed by atoms with Gasteiger partial charge in [-0.1, -0.05) is 31.9 Å². The van der Waals surface area contributed by atoms with Gasteiger partial charge in [0.15, 0.2) is 6.29 Å². The first kappa shape index (κ1) is 31.1. The molecule has 7 nitrogen and oxygen atoms in total. The Bertz CT molecular complexity index is 789. The second-order valence-corrected chi connectivity index (χ2v) is 9.84. The zero-order chi connectivity index (χ0) is 27.3. The summed E-state index contributed by atoms with van der Waals surface area (Å²) in [7, 11) is 1.32. The first-order valence-electron chi connectivity index (χ1n) is 13.5. The first-order chi connectivity index (χ1) is 17.7. The number of carbonyl (C=O) groups excluding carboxylic acids is 3. The molecule has 1 saturated heterocycles. The van der Waals surface area contributed by atoms with Crippen LogP contribution >= 0.6 is 0 Å². The number of hydrogen-bond donors (Lipinski definition) is 0. The Hall–Kier alpha value is -2.13. The van der Waals surface area contributed by atoms with Crippen molar-refractivity contribution in [2.75, 3.05) is 13.7 Å². The summed E-state index contributed by atoms with van der Waals surface area (Å²) in [4.78, 5) is 35.4. The highest BCUT2D eigenvalue weighted by molar-refractivity contribution is 5.95. The quantitative estimate of drug-likeness (QED) is 0.153. The highest BCUT2D eigenvalue weighted by Gasteiger charge is 2.45. The van der Waals surface area contributed by atoms with Crippen LogP contribution in [-0.2, 0) is 33.3 Å². The number of methoxy groups -OCH3 is 1. The molecule has 2 fully saturated rings. The molecule has 5 unspecified atom stereocenters. The maximum absolute atomic E-state index is 14.3. The summed E-state index contributed by atoms with van der Waals surface area (Å²) in [5.41, 5.74) is 0. The lowest BCUT2D eigenvalue weighted by atomic mass is 9.87. The summed E-state index contributed by atoms with van der Waals surface area (Å²) in [5.74, 6) is -6.04. The molecule has 0 spiro atoms. The molecule has 0 N–H and O–H groups in total. The van der Waals surface area contributed by atoms with Crippen LogP contribution in [0.2, 0.25) is 0 Å². The topological polar surface area (TPSA) is 88.1 Å². The average Bonchev–Trinajstić information content (AvgIpc) is 3.18. The van der Waals surface area contributed by atoms with Crippen molar-refractivity contribution in [1.29, 1.82) is 0 Å². The van der Waals surface area contributed by atoms with Crippen LogP contribution < -0.4 is 0 Å². The van der Waals surface area contributed by atoms with Crippen molar-refractivity contribution in [2.24, 2.45) is 11.8 Å². The summed E-state index contributed by atoms with van der Waals surface area (Å²) in [5, 5.41) is 0. The Morgan fingerprint density at radius 3 is 2.51 bits per heavy atom. The zero-order valence-corrected chi connectivity index (χ0v) is 22.3. The molecule has 1 heterocycles. The molecule has 0 aromatic rings. The Morgan fingerprint density at radius 2 is 1.86 bits per heavy atom. The third-order valence-electron chi connectivity index (χ3n) is 6.94. The molecule has 1 aliphatic carbocycles. The van der Waals surface area contributed by atoms with Gasteiger partial charge in [-0.3, -0.25) is 9.59 Å². The molecular weight excluding hydrogens is 486 g/mol. The van der Waals surface area contributed by atoms with Crippen molar-refractivity contribution in [3.63, 3.8) is 0 Å². The van der Waals surface area contributed by atoms with Crippen molar-refractivity contribution in [3.05, 3.63) is 24.3 Å². The van der Waals surface area contributed by atoms with E-state index < -0.39 is 48.6 Å². The lowest BCUT2D eigenvalue weighted by molar-refractivity contribution is -0.193. The summed E-state index contributed by atoms with van der Waals surface area (Å²) in [6.07, 6.45) is 10.6. The van der Waals surface area contributed by atoms with Crippen molar-refractivity contribution in [3.8, 4) is 0 Å². The smallest absolute Gasteiger partial charge is 0.330 e. The molecule has 2 aliphatic rings. The summed E-state index contributed by atoms with van der Waals surface area (Å²) < 4.78 is 50.9. The number of rotatable bonds is 15. The highest BCUT2D eigenvalue weighted by atomic mass is 19.3. The fraction of sp³-hybridized carbons (Fsp3) is 0.750. The zero-order valence-electron chi connectivity index (χ0n) is 22.3. The molecule has 9 heteroatoms. The lowest BCUT2D eigenvalue weighted by Crippen LogP contribution is -2.31. The van der Waals surface area contributed by atoms with Gasteiger partial charge in [-0.05, 0) is 51.0 Å². The van der Waals surface area contributed by atoms with E-state index in [1.54, 1.807) is 13.0 Å². The minimum atomic E-state index is -3.41. The lowest BCUT2D eigenvalue weighted by Gasteiger charge is -2.29. The van der Waals surface area contributed by atoms with Crippen LogP contribution in [0.1, 0.15) is 84.5 Å². The summed E-state index contributed by atoms with van der Waals surface area (Å²) >= 11 is 0. The number of hydrogen-bond acceptors (Lipinski definition) is 7. The van der Waals surface area contributed by atoms with Crippen LogP contribution in [0.4, 0.5) is 8.78 Å². The maximum atomic E-state index is 14.3. The Labute approximate surface area is 218 Å². The molecule has 210 valence electrons. The van der Waals surface area contributed by atoms with Crippen LogP contribution in [0.25, 0.3) is 0 Å². The van der Waals surface area contributed by atoms with Crippen molar-refractivity contribution >= 4 is 17.7 Å². The second-order valence-electron chi connectivity index (χ2n) is 9.84. The number of carbonyl (C=O) groups is 3. The molecule has 0 aromatic carbocycles. The van der Waals surface area contributed by atoms with Gasteiger partial charge in [-0.25, -0.2) is 4.79 Å². The van der Waals surface area contributed by atoms with Crippen LogP contribution in [0.5, 0.6) is 0 Å². The van der Waals surface area contributed by atoms with E-state index in [-0.39, 0.29) is 18.3 Å². The number of allylic oxidation sites excluding steroid dienone is 2. The third kappa shape index (κ3) is 10.6. The van der Waals surface area contributed by atoms with Crippen LogP contribution in [0, 0.1) is 11.8 Å². The largest absolute Gasteiger partial charge is 0.466 e. The molecule has 0 aromatic heterocycles. The molecule has 0 radical (unpaired) electrons. The summed E-state index contributed by atoms with van der Waals surface area (Å²) in [6.45, 7) is 3.74. The molecular formula is C28H42F2O7. The molecule has 1 aliphatic heterocycles. The summed E-state index contributed by atoms with van der Waals surface area (Å²) in [6, 6.07) is 0. The molecule has 5 atom stereocenters. The Kier molecular flexibility index (Phi) is 13.4. The second kappa shape index (κ2) is 16.0. The number of esters is 2. The van der Waals surface area contributed by atoms with E-state index in [9.17, 15) is 23.2 Å². The van der Waals surface area contributed by atoms with E-state index in [2.05, 4.69) is 4.74 Å². The monoisotopic (exact) mass is 528 g/mol. The third-order valence-corrected chi connectivity index (χ3v) is 6.94. The van der Waals surface area contributed by atoms with Gasteiger partial charge in [0, 0.05) is 44.3 Å². The van der Waals surface area contributed by atoms with E-state index in [0.29, 0.717) is 32.3 Å². The van der Waals surface area contributed by atoms with Crippen LogP contribution in [0.15, 0.2) is 24.3 Å². The van der Waals surface area contributed by atoms with Crippen LogP contribution in [-0.4, -0.2) is 55.9 Å². The van der Waals surface area contributed by atoms with Gasteiger partial charge in [-0.2, -0.15) is 8.78 Å². The van der Waals surface area contributed by atoms with Gasteiger partial charge in [0.2, 0.25) is 5.78 Å². The highest BCUT2D eigenvalue weighted by Crippen LogP contribution is 2.42. The van der Waals surface area contributed by atoms with Gasteiger partial charge >= 0.3 is 17.9 Å². The van der Waals surface area contributed by atoms with Gasteiger partial charge < -0.3 is 18.9 Å². The fourth-order valence-corrected chi connectivity index (χ4v) is 4.97. The molecule has 37 heavy (non-hydrogen) atoms. The van der Waals surface area contributed by atoms with Gasteiger partial charge in [0.1, 0.15) is 6.10 Å². The molecule has 2 rings (SSSR count). The van der Waals surface area contributed by atoms with E-state index in [1.807, 2.05) is 0 Å². The molecule has 1 saturated carbocycles. The number of unbranched alkanes of at least 4 members (excludes halogenated alkanes) is 3. The maximum Gasteiger partial charge on any atom is 0.330 e. The predicted octanol–water partition coefficient (Wildman–Crippen LogP) is 5.71. The van der Waals surface area contributed by atoms with Crippen molar-refractivity contribution in [2.45, 2.75) is 109 Å². The van der Waals surface area contributed by atoms with Crippen LogP contribution in [0.3, 0.4) is 0 Å².